The molecule has 0 aromatic heterocycles. The zero-order valence-electron chi connectivity index (χ0n) is 10.7. The van der Waals surface area contributed by atoms with Crippen LogP contribution in [0.4, 0.5) is 5.69 Å². The Morgan fingerprint density at radius 3 is 2.67 bits per heavy atom. The molecule has 1 aliphatic heterocycles. The molecule has 0 spiro atoms. The van der Waals surface area contributed by atoms with Crippen molar-refractivity contribution in [1.29, 1.82) is 0 Å². The van der Waals surface area contributed by atoms with E-state index in [0.29, 0.717) is 25.5 Å². The lowest BCUT2D eigenvalue weighted by molar-refractivity contribution is -0.156. The molecule has 0 bridgehead atoms. The van der Waals surface area contributed by atoms with E-state index in [1.165, 1.54) is 0 Å². The Balaban J connectivity index is 2.25. The zero-order chi connectivity index (χ0) is 13.2. The molecule has 2 rings (SSSR count). The van der Waals surface area contributed by atoms with Crippen molar-refractivity contribution < 1.29 is 14.3 Å². The van der Waals surface area contributed by atoms with Gasteiger partial charge >= 0.3 is 0 Å². The highest BCUT2D eigenvalue weighted by Crippen LogP contribution is 2.33. The Morgan fingerprint density at radius 1 is 1.50 bits per heavy atom. The molecule has 1 aliphatic rings. The summed E-state index contributed by atoms with van der Waals surface area (Å²) in [6, 6.07) is 7.41. The van der Waals surface area contributed by atoms with E-state index in [-0.39, 0.29) is 5.91 Å². The number of hydrogen-bond acceptors (Lipinski definition) is 4. The van der Waals surface area contributed by atoms with Gasteiger partial charge < -0.3 is 20.1 Å². The lowest BCUT2D eigenvalue weighted by Gasteiger charge is -2.41. The summed E-state index contributed by atoms with van der Waals surface area (Å²) in [6.07, 6.45) is 0. The summed E-state index contributed by atoms with van der Waals surface area (Å²) < 4.78 is 10.4. The summed E-state index contributed by atoms with van der Waals surface area (Å²) in [5, 5.41) is 0. The molecule has 0 atom stereocenters. The van der Waals surface area contributed by atoms with E-state index in [9.17, 15) is 4.79 Å². The third kappa shape index (κ3) is 1.95. The first-order chi connectivity index (χ1) is 8.64. The first-order valence-electron chi connectivity index (χ1n) is 5.83. The van der Waals surface area contributed by atoms with Crippen molar-refractivity contribution in [2.24, 2.45) is 11.1 Å². The third-order valence-corrected chi connectivity index (χ3v) is 3.35. The van der Waals surface area contributed by atoms with Gasteiger partial charge in [-0.3, -0.25) is 4.79 Å². The average Bonchev–Trinajstić information content (AvgIpc) is 2.37. The second-order valence-electron chi connectivity index (χ2n) is 4.51. The van der Waals surface area contributed by atoms with Crippen LogP contribution in [0, 0.1) is 5.41 Å². The number of carbonyl (C=O) groups is 1. The number of amides is 1. The maximum atomic E-state index is 12.5. The number of nitrogens with two attached hydrogens (primary N) is 1. The van der Waals surface area contributed by atoms with E-state index in [4.69, 9.17) is 15.2 Å². The second-order valence-corrected chi connectivity index (χ2v) is 4.51. The Labute approximate surface area is 106 Å². The number of rotatable bonds is 4. The van der Waals surface area contributed by atoms with Crippen LogP contribution < -0.4 is 15.4 Å². The smallest absolute Gasteiger partial charge is 0.239 e. The fraction of sp³-hybridized carbons (Fsp3) is 0.462. The van der Waals surface area contributed by atoms with Gasteiger partial charge in [-0.25, -0.2) is 0 Å². The summed E-state index contributed by atoms with van der Waals surface area (Å²) in [4.78, 5) is 14.0. The summed E-state index contributed by atoms with van der Waals surface area (Å²) in [6.45, 7) is 1.08. The predicted molar refractivity (Wildman–Crippen MR) is 68.7 cm³/mol. The maximum absolute atomic E-state index is 12.5. The van der Waals surface area contributed by atoms with Crippen LogP contribution in [0.5, 0.6) is 5.75 Å². The molecule has 1 fully saturated rings. The number of hydrogen-bond donors (Lipinski definition) is 1. The van der Waals surface area contributed by atoms with E-state index in [2.05, 4.69) is 0 Å². The van der Waals surface area contributed by atoms with Gasteiger partial charge in [-0.05, 0) is 12.1 Å². The van der Waals surface area contributed by atoms with Crippen LogP contribution in [0.25, 0.3) is 0 Å². The van der Waals surface area contributed by atoms with Gasteiger partial charge in [0.05, 0.1) is 26.0 Å². The summed E-state index contributed by atoms with van der Waals surface area (Å²) >= 11 is 0. The number of ether oxygens (including phenoxy) is 2. The van der Waals surface area contributed by atoms with Crippen molar-refractivity contribution in [1.82, 2.24) is 0 Å². The minimum absolute atomic E-state index is 0.0271. The van der Waals surface area contributed by atoms with Gasteiger partial charge in [0.15, 0.2) is 0 Å². The molecule has 0 radical (unpaired) electrons. The van der Waals surface area contributed by atoms with Crippen LogP contribution in [0.1, 0.15) is 0 Å². The molecule has 1 aromatic rings. The number of anilines is 1. The maximum Gasteiger partial charge on any atom is 0.239 e. The molecule has 5 heteroatoms. The van der Waals surface area contributed by atoms with Gasteiger partial charge in [-0.15, -0.1) is 0 Å². The molecule has 1 heterocycles. The molecule has 1 amide bonds. The van der Waals surface area contributed by atoms with Crippen LogP contribution in [0.3, 0.4) is 0 Å². The van der Waals surface area contributed by atoms with Crippen molar-refractivity contribution in [3.05, 3.63) is 24.3 Å². The molecule has 2 N–H and O–H groups in total. The Hall–Kier alpha value is -1.59. The fourth-order valence-electron chi connectivity index (χ4n) is 2.05. The quantitative estimate of drug-likeness (QED) is 0.851. The Kier molecular flexibility index (Phi) is 3.54. The first kappa shape index (κ1) is 12.9. The van der Waals surface area contributed by atoms with Crippen molar-refractivity contribution in [3.63, 3.8) is 0 Å². The minimum atomic E-state index is -0.574. The van der Waals surface area contributed by atoms with Gasteiger partial charge in [0.2, 0.25) is 5.91 Å². The highest BCUT2D eigenvalue weighted by molar-refractivity contribution is 5.99. The molecule has 1 saturated heterocycles. The standard InChI is InChI=1S/C13H18N2O3/c1-15(10-5-3-4-6-11(10)17-2)12(16)13(7-14)8-18-9-13/h3-6H,7-9,14H2,1-2H3. The molecule has 0 unspecified atom stereocenters. The molecule has 5 nitrogen and oxygen atoms in total. The van der Waals surface area contributed by atoms with Gasteiger partial charge in [0.25, 0.3) is 0 Å². The predicted octanol–water partition coefficient (Wildman–Crippen LogP) is 0.633. The Bertz CT molecular complexity index is 438. The van der Waals surface area contributed by atoms with E-state index < -0.39 is 5.41 Å². The van der Waals surface area contributed by atoms with Gasteiger partial charge in [0, 0.05) is 13.6 Å². The van der Waals surface area contributed by atoms with Crippen LogP contribution in [0.2, 0.25) is 0 Å². The summed E-state index contributed by atoms with van der Waals surface area (Å²) in [5.74, 6) is 0.640. The van der Waals surface area contributed by atoms with Crippen LogP contribution in [-0.2, 0) is 9.53 Å². The largest absolute Gasteiger partial charge is 0.495 e. The van der Waals surface area contributed by atoms with Gasteiger partial charge in [-0.2, -0.15) is 0 Å². The molecular formula is C13H18N2O3. The lowest BCUT2D eigenvalue weighted by Crippen LogP contribution is -2.58. The second kappa shape index (κ2) is 4.96. The van der Waals surface area contributed by atoms with E-state index in [0.717, 1.165) is 5.69 Å². The fourth-order valence-corrected chi connectivity index (χ4v) is 2.05. The summed E-state index contributed by atoms with van der Waals surface area (Å²) in [7, 11) is 3.32. The van der Waals surface area contributed by atoms with Gasteiger partial charge in [-0.1, -0.05) is 12.1 Å². The topological polar surface area (TPSA) is 64.8 Å². The summed E-state index contributed by atoms with van der Waals surface area (Å²) in [5.41, 5.74) is 5.86. The number of methoxy groups -OCH3 is 1. The number of carbonyl (C=O) groups excluding carboxylic acids is 1. The SMILES string of the molecule is COc1ccccc1N(C)C(=O)C1(CN)COC1. The molecular weight excluding hydrogens is 232 g/mol. The normalized spacial score (nSPS) is 16.8. The Morgan fingerprint density at radius 2 is 2.17 bits per heavy atom. The highest BCUT2D eigenvalue weighted by atomic mass is 16.5. The van der Waals surface area contributed by atoms with Crippen molar-refractivity contribution >= 4 is 11.6 Å². The minimum Gasteiger partial charge on any atom is -0.495 e. The monoisotopic (exact) mass is 250 g/mol. The molecule has 0 saturated carbocycles. The molecule has 18 heavy (non-hydrogen) atoms. The third-order valence-electron chi connectivity index (χ3n) is 3.35. The van der Waals surface area contributed by atoms with Gasteiger partial charge in [0.1, 0.15) is 11.2 Å². The highest BCUT2D eigenvalue weighted by Gasteiger charge is 2.46. The van der Waals surface area contributed by atoms with Crippen LogP contribution >= 0.6 is 0 Å². The number of nitrogens with zero attached hydrogens (tertiary/aromatic N) is 1. The first-order valence-corrected chi connectivity index (χ1v) is 5.83. The zero-order valence-corrected chi connectivity index (χ0v) is 10.7. The lowest BCUT2D eigenvalue weighted by atomic mass is 9.84. The number of para-hydroxylation sites is 2. The van der Waals surface area contributed by atoms with E-state index in [1.54, 1.807) is 19.1 Å². The van der Waals surface area contributed by atoms with Crippen molar-refractivity contribution in [2.75, 3.05) is 38.8 Å². The average molecular weight is 250 g/mol. The molecule has 0 aliphatic carbocycles. The van der Waals surface area contributed by atoms with Crippen molar-refractivity contribution in [2.45, 2.75) is 0 Å². The molecule has 98 valence electrons. The van der Waals surface area contributed by atoms with E-state index in [1.807, 2.05) is 24.3 Å². The van der Waals surface area contributed by atoms with Crippen LogP contribution in [0.15, 0.2) is 24.3 Å². The number of benzene rings is 1. The molecule has 1 aromatic carbocycles. The van der Waals surface area contributed by atoms with E-state index >= 15 is 0 Å². The van der Waals surface area contributed by atoms with Crippen molar-refractivity contribution in [3.8, 4) is 5.75 Å². The van der Waals surface area contributed by atoms with Crippen LogP contribution in [-0.4, -0.2) is 39.8 Å².